The highest BCUT2D eigenvalue weighted by Crippen LogP contribution is 2.21. The van der Waals surface area contributed by atoms with Gasteiger partial charge in [0, 0.05) is 6.54 Å². The third-order valence-corrected chi connectivity index (χ3v) is 4.05. The van der Waals surface area contributed by atoms with Gasteiger partial charge in [-0.1, -0.05) is 36.4 Å². The number of benzene rings is 3. The Morgan fingerprint density at radius 1 is 1.07 bits per heavy atom. The van der Waals surface area contributed by atoms with Crippen LogP contribution in [0.15, 0.2) is 71.8 Å². The van der Waals surface area contributed by atoms with Gasteiger partial charge < -0.3 is 10.1 Å². The van der Waals surface area contributed by atoms with Crippen LogP contribution in [-0.2, 0) is 0 Å². The number of carbonyl (C=O) groups excluding carboxylic acids is 1. The smallest absolute Gasteiger partial charge is 0.344 e. The van der Waals surface area contributed by atoms with Crippen molar-refractivity contribution in [2.24, 2.45) is 5.10 Å². The van der Waals surface area contributed by atoms with E-state index in [1.54, 1.807) is 24.4 Å². The van der Waals surface area contributed by atoms with E-state index in [4.69, 9.17) is 17.0 Å². The fourth-order valence-corrected chi connectivity index (χ4v) is 2.75. The summed E-state index contributed by atoms with van der Waals surface area (Å²) in [6.07, 6.45) is 1.64. The molecule has 2 N–H and O–H groups in total. The van der Waals surface area contributed by atoms with Gasteiger partial charge in [0.2, 0.25) is 0 Å². The van der Waals surface area contributed by atoms with Crippen LogP contribution in [0.1, 0.15) is 22.8 Å². The Hall–Kier alpha value is -3.25. The normalized spacial score (nSPS) is 10.7. The Balaban J connectivity index is 1.66. The minimum Gasteiger partial charge on any atom is -0.423 e. The topological polar surface area (TPSA) is 62.7 Å². The lowest BCUT2D eigenvalue weighted by atomic mass is 10.0. The number of hydrazone groups is 1. The number of fused-ring (bicyclic) bond motifs is 1. The highest BCUT2D eigenvalue weighted by Gasteiger charge is 2.12. The van der Waals surface area contributed by atoms with E-state index in [0.717, 1.165) is 22.9 Å². The predicted molar refractivity (Wildman–Crippen MR) is 112 cm³/mol. The third kappa shape index (κ3) is 4.89. The molecule has 0 aromatic heterocycles. The number of esters is 1. The summed E-state index contributed by atoms with van der Waals surface area (Å²) >= 11 is 5.02. The summed E-state index contributed by atoms with van der Waals surface area (Å²) in [5, 5.41) is 9.33. The van der Waals surface area contributed by atoms with E-state index < -0.39 is 0 Å². The van der Waals surface area contributed by atoms with Crippen molar-refractivity contribution in [2.75, 3.05) is 6.54 Å². The summed E-state index contributed by atoms with van der Waals surface area (Å²) < 4.78 is 5.51. The highest BCUT2D eigenvalue weighted by molar-refractivity contribution is 7.80. The minimum absolute atomic E-state index is 0.383. The summed E-state index contributed by atoms with van der Waals surface area (Å²) in [7, 11) is 0. The molecule has 0 saturated heterocycles. The lowest BCUT2D eigenvalue weighted by Crippen LogP contribution is -2.31. The number of carbonyl (C=O) groups is 1. The van der Waals surface area contributed by atoms with Crippen LogP contribution < -0.4 is 15.5 Å². The standard InChI is InChI=1S/C21H19N3O2S/c1-2-22-21(27)24-23-14-15-10-12-17(13-11-15)26-20(25)19-9-5-7-16-6-3-4-8-18(16)19/h3-14H,2H2,1H3,(H2,22,24,27). The first-order valence-corrected chi connectivity index (χ1v) is 8.95. The maximum Gasteiger partial charge on any atom is 0.344 e. The second-order valence-corrected chi connectivity index (χ2v) is 6.12. The fourth-order valence-electron chi connectivity index (χ4n) is 2.55. The number of nitrogens with zero attached hydrogens (tertiary/aromatic N) is 1. The molecule has 136 valence electrons. The molecule has 0 fully saturated rings. The van der Waals surface area contributed by atoms with Gasteiger partial charge in [-0.2, -0.15) is 5.10 Å². The molecule has 0 atom stereocenters. The molecule has 0 heterocycles. The SMILES string of the molecule is CCNC(=S)NN=Cc1ccc(OC(=O)c2cccc3ccccc23)cc1. The second kappa shape index (κ2) is 8.91. The third-order valence-electron chi connectivity index (χ3n) is 3.82. The van der Waals surface area contributed by atoms with Crippen LogP contribution in [0, 0.1) is 0 Å². The van der Waals surface area contributed by atoms with Gasteiger partial charge in [0.25, 0.3) is 0 Å². The number of hydrogen-bond donors (Lipinski definition) is 2. The van der Waals surface area contributed by atoms with Crippen LogP contribution in [0.5, 0.6) is 5.75 Å². The molecule has 0 amide bonds. The molecule has 6 heteroatoms. The Kier molecular flexibility index (Phi) is 6.12. The minimum atomic E-state index is -0.383. The van der Waals surface area contributed by atoms with E-state index in [1.807, 2.05) is 55.5 Å². The largest absolute Gasteiger partial charge is 0.423 e. The van der Waals surface area contributed by atoms with Gasteiger partial charge in [-0.05, 0) is 65.8 Å². The van der Waals surface area contributed by atoms with Crippen LogP contribution in [-0.4, -0.2) is 23.8 Å². The lowest BCUT2D eigenvalue weighted by Gasteiger charge is -2.07. The Bertz CT molecular complexity index is 979. The molecule has 0 aliphatic rings. The van der Waals surface area contributed by atoms with Crippen molar-refractivity contribution in [3.63, 3.8) is 0 Å². The zero-order valence-electron chi connectivity index (χ0n) is 14.8. The number of hydrogen-bond acceptors (Lipinski definition) is 4. The predicted octanol–water partition coefficient (Wildman–Crippen LogP) is 3.88. The summed E-state index contributed by atoms with van der Waals surface area (Å²) in [5.41, 5.74) is 4.12. The van der Waals surface area contributed by atoms with Gasteiger partial charge in [-0.25, -0.2) is 4.79 Å². The van der Waals surface area contributed by atoms with Gasteiger partial charge in [0.15, 0.2) is 5.11 Å². The first-order chi connectivity index (χ1) is 13.2. The Morgan fingerprint density at radius 2 is 1.81 bits per heavy atom. The fraction of sp³-hybridized carbons (Fsp3) is 0.0952. The van der Waals surface area contributed by atoms with Crippen molar-refractivity contribution >= 4 is 40.3 Å². The molecule has 0 aliphatic heterocycles. The van der Waals surface area contributed by atoms with Crippen LogP contribution in [0.4, 0.5) is 0 Å². The average molecular weight is 377 g/mol. The number of rotatable bonds is 5. The molecule has 3 rings (SSSR count). The molecule has 0 radical (unpaired) electrons. The maximum absolute atomic E-state index is 12.5. The summed E-state index contributed by atoms with van der Waals surface area (Å²) in [6, 6.07) is 20.4. The molecule has 0 spiro atoms. The maximum atomic E-state index is 12.5. The van der Waals surface area contributed by atoms with Gasteiger partial charge in [0.05, 0.1) is 11.8 Å². The molecule has 27 heavy (non-hydrogen) atoms. The van der Waals surface area contributed by atoms with Crippen molar-refractivity contribution in [1.29, 1.82) is 0 Å². The molecule has 3 aromatic rings. The van der Waals surface area contributed by atoms with Crippen LogP contribution in [0.25, 0.3) is 10.8 Å². The van der Waals surface area contributed by atoms with Crippen molar-refractivity contribution in [3.05, 3.63) is 77.9 Å². The zero-order valence-corrected chi connectivity index (χ0v) is 15.6. The van der Waals surface area contributed by atoms with Crippen molar-refractivity contribution in [3.8, 4) is 5.75 Å². The molecule has 0 bridgehead atoms. The second-order valence-electron chi connectivity index (χ2n) is 5.71. The molecule has 0 unspecified atom stereocenters. The highest BCUT2D eigenvalue weighted by atomic mass is 32.1. The Morgan fingerprint density at radius 3 is 2.59 bits per heavy atom. The van der Waals surface area contributed by atoms with E-state index in [9.17, 15) is 4.79 Å². The van der Waals surface area contributed by atoms with E-state index in [2.05, 4.69) is 15.8 Å². The lowest BCUT2D eigenvalue weighted by molar-refractivity contribution is 0.0737. The number of thiocarbonyl (C=S) groups is 1. The van der Waals surface area contributed by atoms with Crippen molar-refractivity contribution in [1.82, 2.24) is 10.7 Å². The van der Waals surface area contributed by atoms with E-state index >= 15 is 0 Å². The Labute approximate surface area is 163 Å². The van der Waals surface area contributed by atoms with E-state index in [0.29, 0.717) is 16.4 Å². The van der Waals surface area contributed by atoms with E-state index in [1.165, 1.54) is 0 Å². The van der Waals surface area contributed by atoms with E-state index in [-0.39, 0.29) is 5.97 Å². The van der Waals surface area contributed by atoms with Gasteiger partial charge in [-0.3, -0.25) is 5.43 Å². The zero-order chi connectivity index (χ0) is 19.1. The molecule has 3 aromatic carbocycles. The van der Waals surface area contributed by atoms with Crippen LogP contribution >= 0.6 is 12.2 Å². The molecule has 5 nitrogen and oxygen atoms in total. The van der Waals surface area contributed by atoms with Crippen molar-refractivity contribution in [2.45, 2.75) is 6.92 Å². The average Bonchev–Trinajstić information content (AvgIpc) is 2.69. The first kappa shape index (κ1) is 18.5. The van der Waals surface area contributed by atoms with Gasteiger partial charge >= 0.3 is 5.97 Å². The molecule has 0 aliphatic carbocycles. The number of nitrogens with one attached hydrogen (secondary N) is 2. The summed E-state index contributed by atoms with van der Waals surface area (Å²) in [4.78, 5) is 12.5. The summed E-state index contributed by atoms with van der Waals surface area (Å²) in [5.74, 6) is 0.0899. The first-order valence-electron chi connectivity index (χ1n) is 8.54. The van der Waals surface area contributed by atoms with Gasteiger partial charge in [-0.15, -0.1) is 0 Å². The van der Waals surface area contributed by atoms with Gasteiger partial charge in [0.1, 0.15) is 5.75 Å². The monoisotopic (exact) mass is 377 g/mol. The van der Waals surface area contributed by atoms with Crippen LogP contribution in [0.2, 0.25) is 0 Å². The summed E-state index contributed by atoms with van der Waals surface area (Å²) in [6.45, 7) is 2.69. The molecular formula is C21H19N3O2S. The molecule has 0 saturated carbocycles. The van der Waals surface area contributed by atoms with Crippen molar-refractivity contribution < 1.29 is 9.53 Å². The molecular weight excluding hydrogens is 358 g/mol. The number of ether oxygens (including phenoxy) is 1. The quantitative estimate of drug-likeness (QED) is 0.232. The van der Waals surface area contributed by atoms with Crippen LogP contribution in [0.3, 0.4) is 0 Å².